The van der Waals surface area contributed by atoms with Crippen molar-refractivity contribution in [1.29, 1.82) is 0 Å². The lowest BCUT2D eigenvalue weighted by Gasteiger charge is -2.44. The molecule has 1 aromatic rings. The monoisotopic (exact) mass is 280 g/mol. The van der Waals surface area contributed by atoms with E-state index in [1.165, 1.54) is 0 Å². The zero-order valence-corrected chi connectivity index (χ0v) is 13.8. The molecule has 0 aliphatic carbocycles. The first-order valence-corrected chi connectivity index (χ1v) is 7.62. The minimum Gasteiger partial charge on any atom is -0.309 e. The second-order valence-corrected chi connectivity index (χ2v) is 5.84. The number of halogens is 1. The maximum atomic E-state index is 14.3. The summed E-state index contributed by atoms with van der Waals surface area (Å²) >= 11 is 0. The largest absolute Gasteiger partial charge is 0.309 e. The predicted octanol–water partition coefficient (Wildman–Crippen LogP) is 3.91. The summed E-state index contributed by atoms with van der Waals surface area (Å²) in [5.74, 6) is -0.123. The van der Waals surface area contributed by atoms with Crippen LogP contribution in [0.3, 0.4) is 0 Å². The van der Waals surface area contributed by atoms with Crippen molar-refractivity contribution in [2.45, 2.75) is 53.1 Å². The zero-order valence-electron chi connectivity index (χ0n) is 13.8. The molecule has 0 saturated carbocycles. The van der Waals surface area contributed by atoms with Crippen LogP contribution in [-0.2, 0) is 0 Å². The highest BCUT2D eigenvalue weighted by molar-refractivity contribution is 5.29. The van der Waals surface area contributed by atoms with Crippen LogP contribution in [0.5, 0.6) is 0 Å². The lowest BCUT2D eigenvalue weighted by Crippen LogP contribution is -2.52. The molecule has 0 aliphatic heterocycles. The van der Waals surface area contributed by atoms with Gasteiger partial charge in [-0.1, -0.05) is 38.5 Å². The maximum Gasteiger partial charge on any atom is 0.128 e. The maximum absolute atomic E-state index is 14.3. The second kappa shape index (κ2) is 7.19. The van der Waals surface area contributed by atoms with Crippen molar-refractivity contribution < 1.29 is 4.39 Å². The fraction of sp³-hybridized carbons (Fsp3) is 0.647. The van der Waals surface area contributed by atoms with Gasteiger partial charge in [0.15, 0.2) is 0 Å². The number of benzene rings is 1. The SMILES string of the molecule is CCNC(c1cc(C)ccc1F)C(C)(C)N(CC)CC. The van der Waals surface area contributed by atoms with Gasteiger partial charge in [-0.2, -0.15) is 0 Å². The van der Waals surface area contributed by atoms with E-state index in [-0.39, 0.29) is 17.4 Å². The number of aryl methyl sites for hydroxylation is 1. The Labute approximate surface area is 123 Å². The van der Waals surface area contributed by atoms with E-state index in [1.54, 1.807) is 6.07 Å². The Morgan fingerprint density at radius 3 is 2.30 bits per heavy atom. The summed E-state index contributed by atoms with van der Waals surface area (Å²) in [6.45, 7) is 15.5. The van der Waals surface area contributed by atoms with Crippen molar-refractivity contribution in [2.75, 3.05) is 19.6 Å². The van der Waals surface area contributed by atoms with Gasteiger partial charge in [0.2, 0.25) is 0 Å². The van der Waals surface area contributed by atoms with Crippen molar-refractivity contribution in [2.24, 2.45) is 0 Å². The highest BCUT2D eigenvalue weighted by Crippen LogP contribution is 2.32. The van der Waals surface area contributed by atoms with Crippen LogP contribution in [0.1, 0.15) is 51.8 Å². The molecule has 0 amide bonds. The topological polar surface area (TPSA) is 15.3 Å². The van der Waals surface area contributed by atoms with Gasteiger partial charge in [0.25, 0.3) is 0 Å². The quantitative estimate of drug-likeness (QED) is 0.815. The predicted molar refractivity (Wildman–Crippen MR) is 84.6 cm³/mol. The van der Waals surface area contributed by atoms with Gasteiger partial charge in [0, 0.05) is 11.1 Å². The first-order chi connectivity index (χ1) is 9.38. The van der Waals surface area contributed by atoms with Gasteiger partial charge in [-0.05, 0) is 46.5 Å². The molecule has 0 bridgehead atoms. The van der Waals surface area contributed by atoms with Crippen LogP contribution in [0, 0.1) is 12.7 Å². The number of nitrogens with zero attached hydrogens (tertiary/aromatic N) is 1. The molecule has 0 aliphatic rings. The van der Waals surface area contributed by atoms with Gasteiger partial charge in [0.1, 0.15) is 5.82 Å². The first kappa shape index (κ1) is 17.1. The smallest absolute Gasteiger partial charge is 0.128 e. The Balaban J connectivity index is 3.25. The molecule has 0 fully saturated rings. The highest BCUT2D eigenvalue weighted by atomic mass is 19.1. The van der Waals surface area contributed by atoms with Crippen LogP contribution in [0.15, 0.2) is 18.2 Å². The van der Waals surface area contributed by atoms with Crippen molar-refractivity contribution >= 4 is 0 Å². The summed E-state index contributed by atoms with van der Waals surface area (Å²) in [4.78, 5) is 2.38. The van der Waals surface area contributed by atoms with Crippen molar-refractivity contribution in [3.8, 4) is 0 Å². The normalized spacial score (nSPS) is 13.8. The molecule has 0 radical (unpaired) electrons. The molecule has 20 heavy (non-hydrogen) atoms. The number of hydrogen-bond donors (Lipinski definition) is 1. The minimum atomic E-state index is -0.145. The third kappa shape index (κ3) is 3.58. The molecular weight excluding hydrogens is 251 g/mol. The molecule has 1 aromatic carbocycles. The van der Waals surface area contributed by atoms with E-state index in [4.69, 9.17) is 0 Å². The average Bonchev–Trinajstić information content (AvgIpc) is 2.40. The standard InChI is InChI=1S/C17H29FN2/c1-7-19-16(17(5,6)20(8-2)9-3)14-12-13(4)10-11-15(14)18/h10-12,16,19H,7-9H2,1-6H3. The fourth-order valence-corrected chi connectivity index (χ4v) is 3.05. The molecule has 0 saturated heterocycles. The lowest BCUT2D eigenvalue weighted by atomic mass is 9.85. The molecular formula is C17H29FN2. The lowest BCUT2D eigenvalue weighted by molar-refractivity contribution is 0.0903. The summed E-state index contributed by atoms with van der Waals surface area (Å²) in [5, 5.41) is 3.47. The number of likely N-dealkylation sites (N-methyl/N-ethyl adjacent to an activating group) is 2. The molecule has 0 aromatic heterocycles. The molecule has 1 N–H and O–H groups in total. The molecule has 1 rings (SSSR count). The molecule has 2 nitrogen and oxygen atoms in total. The van der Waals surface area contributed by atoms with Crippen molar-refractivity contribution in [1.82, 2.24) is 10.2 Å². The molecule has 3 heteroatoms. The number of hydrogen-bond acceptors (Lipinski definition) is 2. The minimum absolute atomic E-state index is 0.0210. The van der Waals surface area contributed by atoms with Crippen LogP contribution < -0.4 is 5.32 Å². The van der Waals surface area contributed by atoms with E-state index in [0.29, 0.717) is 0 Å². The molecule has 114 valence electrons. The van der Waals surface area contributed by atoms with E-state index in [0.717, 1.165) is 30.8 Å². The third-order valence-electron chi connectivity index (χ3n) is 4.16. The number of nitrogens with one attached hydrogen (secondary N) is 1. The van der Waals surface area contributed by atoms with E-state index in [2.05, 4.69) is 44.8 Å². The Hall–Kier alpha value is -0.930. The Bertz CT molecular complexity index is 425. The second-order valence-electron chi connectivity index (χ2n) is 5.84. The summed E-state index contributed by atoms with van der Waals surface area (Å²) < 4.78 is 14.3. The average molecular weight is 280 g/mol. The molecule has 0 heterocycles. The van der Waals surface area contributed by atoms with Crippen molar-refractivity contribution in [3.63, 3.8) is 0 Å². The molecule has 1 atom stereocenters. The van der Waals surface area contributed by atoms with Gasteiger partial charge in [-0.3, -0.25) is 4.90 Å². The van der Waals surface area contributed by atoms with Gasteiger partial charge >= 0.3 is 0 Å². The summed E-state index contributed by atoms with van der Waals surface area (Å²) in [6.07, 6.45) is 0. The van der Waals surface area contributed by atoms with E-state index in [9.17, 15) is 4.39 Å². The van der Waals surface area contributed by atoms with Gasteiger partial charge in [0.05, 0.1) is 6.04 Å². The van der Waals surface area contributed by atoms with Crippen LogP contribution in [0.25, 0.3) is 0 Å². The summed E-state index contributed by atoms with van der Waals surface area (Å²) in [7, 11) is 0. The van der Waals surface area contributed by atoms with Crippen molar-refractivity contribution in [3.05, 3.63) is 35.1 Å². The zero-order chi connectivity index (χ0) is 15.3. The Kier molecular flexibility index (Phi) is 6.15. The summed E-state index contributed by atoms with van der Waals surface area (Å²) in [5.41, 5.74) is 1.72. The molecule has 0 spiro atoms. The Morgan fingerprint density at radius 1 is 1.20 bits per heavy atom. The van der Waals surface area contributed by atoms with Gasteiger partial charge in [-0.25, -0.2) is 4.39 Å². The summed E-state index contributed by atoms with van der Waals surface area (Å²) in [6, 6.07) is 5.35. The fourth-order valence-electron chi connectivity index (χ4n) is 3.05. The van der Waals surface area contributed by atoms with E-state index >= 15 is 0 Å². The van der Waals surface area contributed by atoms with Gasteiger partial charge < -0.3 is 5.32 Å². The van der Waals surface area contributed by atoms with Crippen LogP contribution >= 0.6 is 0 Å². The van der Waals surface area contributed by atoms with Crippen LogP contribution in [-0.4, -0.2) is 30.1 Å². The highest BCUT2D eigenvalue weighted by Gasteiger charge is 2.35. The van der Waals surface area contributed by atoms with Crippen LogP contribution in [0.2, 0.25) is 0 Å². The van der Waals surface area contributed by atoms with E-state index in [1.807, 2.05) is 19.1 Å². The van der Waals surface area contributed by atoms with Gasteiger partial charge in [-0.15, -0.1) is 0 Å². The van der Waals surface area contributed by atoms with E-state index < -0.39 is 0 Å². The first-order valence-electron chi connectivity index (χ1n) is 7.62. The molecule has 1 unspecified atom stereocenters. The van der Waals surface area contributed by atoms with Crippen LogP contribution in [0.4, 0.5) is 4.39 Å². The third-order valence-corrected chi connectivity index (χ3v) is 4.16. The Morgan fingerprint density at radius 2 is 1.80 bits per heavy atom. The number of rotatable bonds is 7.